The van der Waals surface area contributed by atoms with Crippen LogP contribution in [0.1, 0.15) is 22.7 Å². The summed E-state index contributed by atoms with van der Waals surface area (Å²) in [6.45, 7) is 0. The summed E-state index contributed by atoms with van der Waals surface area (Å²) in [5.41, 5.74) is 1.87. The summed E-state index contributed by atoms with van der Waals surface area (Å²) in [7, 11) is -2.02. The Morgan fingerprint density at radius 3 is 2.68 bits per heavy atom. The number of anilines is 2. The topological polar surface area (TPSA) is 83.6 Å². The molecule has 0 bridgehead atoms. The number of thiophene rings is 1. The van der Waals surface area contributed by atoms with Crippen LogP contribution in [0.5, 0.6) is 5.75 Å². The number of hydrogen-bond acceptors (Lipinski definition) is 6. The lowest BCUT2D eigenvalue weighted by Gasteiger charge is -2.27. The molecule has 3 heterocycles. The quantitative estimate of drug-likeness (QED) is 0.493. The van der Waals surface area contributed by atoms with E-state index in [1.807, 2.05) is 41.3 Å². The number of aromatic nitrogens is 1. The number of rotatable bonds is 6. The molecule has 0 unspecified atom stereocenters. The van der Waals surface area contributed by atoms with E-state index < -0.39 is 10.0 Å². The van der Waals surface area contributed by atoms with Crippen molar-refractivity contribution in [2.24, 2.45) is 0 Å². The minimum Gasteiger partial charge on any atom is -0.495 e. The highest BCUT2D eigenvalue weighted by Crippen LogP contribution is 2.45. The lowest BCUT2D eigenvalue weighted by molar-refractivity contribution is 0.417. The maximum absolute atomic E-state index is 11.9. The third-order valence-electron chi connectivity index (χ3n) is 4.74. The molecule has 2 aromatic heterocycles. The number of methoxy groups -OCH3 is 1. The second-order valence-corrected chi connectivity index (χ2v) is 10.8. The molecule has 31 heavy (non-hydrogen) atoms. The van der Waals surface area contributed by atoms with Crippen LogP contribution in [0.3, 0.4) is 0 Å². The summed E-state index contributed by atoms with van der Waals surface area (Å²) < 4.78 is 32.2. The molecule has 11 heteroatoms. The Morgan fingerprint density at radius 1 is 1.26 bits per heavy atom. The van der Waals surface area contributed by atoms with Gasteiger partial charge in [0, 0.05) is 16.8 Å². The zero-order valence-corrected chi connectivity index (χ0v) is 19.8. The van der Waals surface area contributed by atoms with Gasteiger partial charge in [-0.2, -0.15) is 0 Å². The van der Waals surface area contributed by atoms with Gasteiger partial charge in [-0.15, -0.1) is 11.3 Å². The van der Waals surface area contributed by atoms with Crippen molar-refractivity contribution in [3.05, 3.63) is 69.6 Å². The van der Waals surface area contributed by atoms with Gasteiger partial charge in [-0.3, -0.25) is 9.71 Å². The zero-order valence-electron chi connectivity index (χ0n) is 16.6. The first-order valence-corrected chi connectivity index (χ1v) is 12.7. The number of nitrogens with one attached hydrogen (secondary N) is 2. The number of ether oxygens (including phenoxy) is 1. The van der Waals surface area contributed by atoms with Crippen LogP contribution in [0.15, 0.2) is 54.7 Å². The van der Waals surface area contributed by atoms with Gasteiger partial charge in [0.25, 0.3) is 0 Å². The molecule has 0 saturated carbocycles. The fourth-order valence-electron chi connectivity index (χ4n) is 3.53. The Kier molecular flexibility index (Phi) is 6.07. The van der Waals surface area contributed by atoms with Crippen molar-refractivity contribution in [3.63, 3.8) is 0 Å². The highest BCUT2D eigenvalue weighted by molar-refractivity contribution is 7.92. The van der Waals surface area contributed by atoms with Gasteiger partial charge in [-0.1, -0.05) is 17.7 Å². The Balaban J connectivity index is 1.82. The molecule has 0 spiro atoms. The largest absolute Gasteiger partial charge is 0.495 e. The summed E-state index contributed by atoms with van der Waals surface area (Å²) in [5, 5.41) is 3.86. The van der Waals surface area contributed by atoms with Crippen LogP contribution in [0.25, 0.3) is 0 Å². The van der Waals surface area contributed by atoms with E-state index in [4.69, 9.17) is 28.6 Å². The third-order valence-corrected chi connectivity index (χ3v) is 6.95. The second-order valence-electron chi connectivity index (χ2n) is 6.90. The first-order valence-electron chi connectivity index (χ1n) is 9.18. The van der Waals surface area contributed by atoms with E-state index in [0.29, 0.717) is 26.6 Å². The minimum atomic E-state index is -3.50. The molecule has 2 N–H and O–H groups in total. The van der Waals surface area contributed by atoms with E-state index in [9.17, 15) is 8.42 Å². The standard InChI is InChI=1S/C20H19ClN4O3S3/c1-28-15-7-6-12(11-14(15)24-31(2,26)27)25-19(16-8-9-17(21)30-16)18(23-20(25)29)13-5-3-4-10-22-13/h3-11,18-19,24H,1-2H3,(H,23,29)/t18-,19-/m0/s1. The van der Waals surface area contributed by atoms with Crippen LogP contribution in [0.2, 0.25) is 4.34 Å². The molecule has 162 valence electrons. The van der Waals surface area contributed by atoms with Crippen LogP contribution in [0, 0.1) is 0 Å². The van der Waals surface area contributed by atoms with Crippen molar-refractivity contribution >= 4 is 61.7 Å². The molecule has 7 nitrogen and oxygen atoms in total. The first-order chi connectivity index (χ1) is 14.8. The predicted octanol–water partition coefficient (Wildman–Crippen LogP) is 4.35. The number of nitrogens with zero attached hydrogens (tertiary/aromatic N) is 2. The number of benzene rings is 1. The summed E-state index contributed by atoms with van der Waals surface area (Å²) in [5.74, 6) is 0.407. The molecule has 1 aliphatic heterocycles. The fraction of sp³-hybridized carbons (Fsp3) is 0.200. The SMILES string of the molecule is COc1ccc(N2C(=S)N[C@@H](c3ccccn3)[C@@H]2c2ccc(Cl)s2)cc1NS(C)(=O)=O. The number of sulfonamides is 1. The van der Waals surface area contributed by atoms with Crippen molar-refractivity contribution in [2.45, 2.75) is 12.1 Å². The maximum Gasteiger partial charge on any atom is 0.229 e. The molecular formula is C20H19ClN4O3S3. The van der Waals surface area contributed by atoms with Gasteiger partial charge in [0.1, 0.15) is 5.75 Å². The molecule has 0 aliphatic carbocycles. The number of thiocarbonyl (C=S) groups is 1. The van der Waals surface area contributed by atoms with E-state index in [2.05, 4.69) is 15.0 Å². The van der Waals surface area contributed by atoms with Crippen LogP contribution < -0.4 is 19.7 Å². The molecule has 1 aromatic carbocycles. The second kappa shape index (κ2) is 8.62. The molecule has 1 saturated heterocycles. The van der Waals surface area contributed by atoms with E-state index in [-0.39, 0.29) is 12.1 Å². The van der Waals surface area contributed by atoms with E-state index in [1.54, 1.807) is 18.3 Å². The maximum atomic E-state index is 11.9. The minimum absolute atomic E-state index is 0.211. The van der Waals surface area contributed by atoms with E-state index in [1.165, 1.54) is 18.4 Å². The molecule has 3 aromatic rings. The van der Waals surface area contributed by atoms with Crippen molar-refractivity contribution in [1.82, 2.24) is 10.3 Å². The van der Waals surface area contributed by atoms with Gasteiger partial charge in [0.15, 0.2) is 5.11 Å². The summed E-state index contributed by atoms with van der Waals surface area (Å²) in [6, 6.07) is 14.4. The van der Waals surface area contributed by atoms with Crippen LogP contribution in [-0.4, -0.2) is 31.9 Å². The average molecular weight is 495 g/mol. The van der Waals surface area contributed by atoms with Crippen LogP contribution in [-0.2, 0) is 10.0 Å². The van der Waals surface area contributed by atoms with E-state index in [0.717, 1.165) is 16.8 Å². The highest BCUT2D eigenvalue weighted by Gasteiger charge is 2.41. The van der Waals surface area contributed by atoms with Gasteiger partial charge < -0.3 is 15.0 Å². The predicted molar refractivity (Wildman–Crippen MR) is 129 cm³/mol. The zero-order chi connectivity index (χ0) is 22.2. The number of halogens is 1. The Hall–Kier alpha value is -2.40. The van der Waals surface area contributed by atoms with Crippen LogP contribution >= 0.6 is 35.2 Å². The molecular weight excluding hydrogens is 476 g/mol. The van der Waals surface area contributed by atoms with Gasteiger partial charge in [0.2, 0.25) is 10.0 Å². The summed E-state index contributed by atoms with van der Waals surface area (Å²) >= 11 is 13.4. The average Bonchev–Trinajstić information content (AvgIpc) is 3.30. The van der Waals surface area contributed by atoms with Gasteiger partial charge >= 0.3 is 0 Å². The molecule has 2 atom stereocenters. The molecule has 0 amide bonds. The fourth-order valence-corrected chi connectivity index (χ4v) is 5.63. The van der Waals surface area contributed by atoms with E-state index >= 15 is 0 Å². The number of pyridine rings is 1. The molecule has 1 fully saturated rings. The summed E-state index contributed by atoms with van der Waals surface area (Å²) in [6.07, 6.45) is 2.83. The smallest absolute Gasteiger partial charge is 0.229 e. The van der Waals surface area contributed by atoms with Gasteiger partial charge in [-0.05, 0) is 54.7 Å². The monoisotopic (exact) mass is 494 g/mol. The lowest BCUT2D eigenvalue weighted by Crippen LogP contribution is -2.29. The van der Waals surface area contributed by atoms with Gasteiger partial charge in [-0.25, -0.2) is 8.42 Å². The Labute approximate surface area is 195 Å². The molecule has 1 aliphatic rings. The summed E-state index contributed by atoms with van der Waals surface area (Å²) in [4.78, 5) is 7.46. The third kappa shape index (κ3) is 4.62. The van der Waals surface area contributed by atoms with Crippen molar-refractivity contribution in [3.8, 4) is 5.75 Å². The molecule has 0 radical (unpaired) electrons. The van der Waals surface area contributed by atoms with Gasteiger partial charge in [0.05, 0.1) is 41.2 Å². The number of hydrogen-bond donors (Lipinski definition) is 2. The highest BCUT2D eigenvalue weighted by atomic mass is 35.5. The van der Waals surface area contributed by atoms with Crippen molar-refractivity contribution < 1.29 is 13.2 Å². The normalized spacial score (nSPS) is 18.7. The van der Waals surface area contributed by atoms with Crippen molar-refractivity contribution in [1.29, 1.82) is 0 Å². The van der Waals surface area contributed by atoms with Crippen molar-refractivity contribution in [2.75, 3.05) is 23.0 Å². The first kappa shape index (κ1) is 21.8. The Morgan fingerprint density at radius 2 is 2.06 bits per heavy atom. The Bertz CT molecular complexity index is 1220. The lowest BCUT2D eigenvalue weighted by atomic mass is 10.0. The molecule has 4 rings (SSSR count). The van der Waals surface area contributed by atoms with Crippen LogP contribution in [0.4, 0.5) is 11.4 Å².